The van der Waals surface area contributed by atoms with E-state index in [2.05, 4.69) is 191 Å². The Balaban J connectivity index is 1.26. The van der Waals surface area contributed by atoms with Crippen molar-refractivity contribution in [2.75, 3.05) is 0 Å². The van der Waals surface area contributed by atoms with Gasteiger partial charge >= 0.3 is 0 Å². The van der Waals surface area contributed by atoms with Crippen LogP contribution in [0.2, 0.25) is 0 Å². The van der Waals surface area contributed by atoms with Gasteiger partial charge in [-0.1, -0.05) is 146 Å². The highest BCUT2D eigenvalue weighted by Gasteiger charge is 2.21. The van der Waals surface area contributed by atoms with E-state index in [1.807, 2.05) is 0 Å². The molecule has 48 heavy (non-hydrogen) atoms. The third kappa shape index (κ3) is 3.93. The number of nitrogens with zero attached hydrogens (tertiary/aromatic N) is 2. The number of rotatable bonds is 4. The maximum Gasteiger partial charge on any atom is 0.0620 e. The number of hydrogen-bond donors (Lipinski definition) is 0. The van der Waals surface area contributed by atoms with Gasteiger partial charge in [0.25, 0.3) is 0 Å². The van der Waals surface area contributed by atoms with Gasteiger partial charge in [0.1, 0.15) is 0 Å². The van der Waals surface area contributed by atoms with E-state index in [0.717, 1.165) is 11.4 Å². The third-order valence-corrected chi connectivity index (χ3v) is 9.92. The Kier molecular flexibility index (Phi) is 5.91. The number of aromatic nitrogens is 2. The molecule has 0 unspecified atom stereocenters. The monoisotopic (exact) mass is 610 g/mol. The highest BCUT2D eigenvalue weighted by molar-refractivity contribution is 6.19. The number of hydrogen-bond acceptors (Lipinski definition) is 0. The van der Waals surface area contributed by atoms with Gasteiger partial charge in [-0.05, 0) is 58.3 Å². The summed E-state index contributed by atoms with van der Waals surface area (Å²) in [4.78, 5) is 0. The summed E-state index contributed by atoms with van der Waals surface area (Å²) >= 11 is 0. The zero-order valence-corrected chi connectivity index (χ0v) is 26.2. The van der Waals surface area contributed by atoms with Gasteiger partial charge in [0.2, 0.25) is 0 Å². The van der Waals surface area contributed by atoms with E-state index in [1.165, 1.54) is 76.6 Å². The van der Waals surface area contributed by atoms with Gasteiger partial charge in [-0.25, -0.2) is 0 Å². The Bertz CT molecular complexity index is 2810. The highest BCUT2D eigenvalue weighted by atomic mass is 15.0. The maximum atomic E-state index is 2.46. The lowest BCUT2D eigenvalue weighted by molar-refractivity contribution is 1.17. The van der Waals surface area contributed by atoms with E-state index in [1.54, 1.807) is 0 Å². The first-order valence-electron chi connectivity index (χ1n) is 16.5. The molecule has 0 atom stereocenters. The molecule has 0 fully saturated rings. The lowest BCUT2D eigenvalue weighted by atomic mass is 9.98. The van der Waals surface area contributed by atoms with Crippen LogP contribution in [0.1, 0.15) is 0 Å². The van der Waals surface area contributed by atoms with Crippen molar-refractivity contribution >= 4 is 54.4 Å². The molecule has 2 aromatic heterocycles. The summed E-state index contributed by atoms with van der Waals surface area (Å²) in [6.07, 6.45) is 0. The first kappa shape index (κ1) is 26.8. The third-order valence-electron chi connectivity index (χ3n) is 9.92. The van der Waals surface area contributed by atoms with Crippen molar-refractivity contribution in [3.63, 3.8) is 0 Å². The normalized spacial score (nSPS) is 11.8. The summed E-state index contributed by atoms with van der Waals surface area (Å²) in [6, 6.07) is 66.2. The molecule has 0 bridgehead atoms. The second-order valence-electron chi connectivity index (χ2n) is 12.5. The summed E-state index contributed by atoms with van der Waals surface area (Å²) in [5.74, 6) is 0. The molecule has 0 amide bonds. The molecule has 0 aliphatic carbocycles. The van der Waals surface area contributed by atoms with E-state index < -0.39 is 0 Å². The zero-order chi connectivity index (χ0) is 31.6. The van der Waals surface area contributed by atoms with Gasteiger partial charge in [0.15, 0.2) is 0 Å². The summed E-state index contributed by atoms with van der Waals surface area (Å²) in [7, 11) is 0. The summed E-state index contributed by atoms with van der Waals surface area (Å²) in [5.41, 5.74) is 12.1. The van der Waals surface area contributed by atoms with E-state index in [-0.39, 0.29) is 0 Å². The molecule has 0 N–H and O–H groups in total. The molecule has 0 radical (unpaired) electrons. The predicted molar refractivity (Wildman–Crippen MR) is 203 cm³/mol. The molecule has 8 aromatic carbocycles. The molecular formula is C46H30N2. The van der Waals surface area contributed by atoms with Gasteiger partial charge in [-0.2, -0.15) is 0 Å². The van der Waals surface area contributed by atoms with E-state index in [0.29, 0.717) is 0 Å². The molecule has 2 heterocycles. The van der Waals surface area contributed by atoms with Crippen LogP contribution >= 0.6 is 0 Å². The number of benzene rings is 8. The van der Waals surface area contributed by atoms with Crippen LogP contribution in [0, 0.1) is 0 Å². The topological polar surface area (TPSA) is 9.86 Å². The predicted octanol–water partition coefficient (Wildman–Crippen LogP) is 12.4. The van der Waals surface area contributed by atoms with Gasteiger partial charge in [-0.3, -0.25) is 0 Å². The largest absolute Gasteiger partial charge is 0.309 e. The van der Waals surface area contributed by atoms with Crippen LogP contribution in [0.25, 0.3) is 88.0 Å². The molecule has 0 saturated heterocycles. The van der Waals surface area contributed by atoms with E-state index >= 15 is 0 Å². The quantitative estimate of drug-likeness (QED) is 0.188. The average molecular weight is 611 g/mol. The smallest absolute Gasteiger partial charge is 0.0620 e. The fraction of sp³-hybridized carbons (Fsp3) is 0. The zero-order valence-electron chi connectivity index (χ0n) is 26.2. The average Bonchev–Trinajstić information content (AvgIpc) is 3.68. The Morgan fingerprint density at radius 3 is 1.33 bits per heavy atom. The minimum Gasteiger partial charge on any atom is -0.309 e. The standard InChI is InChI=1S/C46H30N2/c1-2-15-33(16-3-1)47-43-25-8-6-18-37(43)39-21-11-23-41(45(39)47)42-24-12-22-40-38-19-7-9-26-44(38)48(46(40)42)34-29-27-32(28-30-34)36-20-10-14-31-13-4-5-17-35(31)36/h1-30H. The van der Waals surface area contributed by atoms with Crippen LogP contribution in [-0.2, 0) is 0 Å². The van der Waals surface area contributed by atoms with Crippen molar-refractivity contribution in [2.45, 2.75) is 0 Å². The molecule has 0 aliphatic rings. The van der Waals surface area contributed by atoms with Gasteiger partial charge < -0.3 is 9.13 Å². The van der Waals surface area contributed by atoms with Crippen LogP contribution in [0.3, 0.4) is 0 Å². The fourth-order valence-corrected chi connectivity index (χ4v) is 7.85. The van der Waals surface area contributed by atoms with Crippen LogP contribution in [0.4, 0.5) is 0 Å². The van der Waals surface area contributed by atoms with Gasteiger partial charge in [0, 0.05) is 44.0 Å². The molecule has 0 aliphatic heterocycles. The number of fused-ring (bicyclic) bond motifs is 7. The van der Waals surface area contributed by atoms with E-state index in [4.69, 9.17) is 0 Å². The Labute approximate surface area is 278 Å². The molecule has 2 heteroatoms. The van der Waals surface area contributed by atoms with Crippen LogP contribution < -0.4 is 0 Å². The van der Waals surface area contributed by atoms with Crippen molar-refractivity contribution in [1.82, 2.24) is 9.13 Å². The van der Waals surface area contributed by atoms with Gasteiger partial charge in [0.05, 0.1) is 22.1 Å². The minimum atomic E-state index is 1.15. The van der Waals surface area contributed by atoms with Crippen molar-refractivity contribution in [3.05, 3.63) is 182 Å². The first-order valence-corrected chi connectivity index (χ1v) is 16.5. The van der Waals surface area contributed by atoms with Crippen molar-refractivity contribution in [3.8, 4) is 33.6 Å². The molecular weight excluding hydrogens is 581 g/mol. The molecule has 224 valence electrons. The Hall–Kier alpha value is -6.38. The van der Waals surface area contributed by atoms with Crippen molar-refractivity contribution in [2.24, 2.45) is 0 Å². The summed E-state index contributed by atoms with van der Waals surface area (Å²) in [6.45, 7) is 0. The Morgan fingerprint density at radius 2 is 0.708 bits per heavy atom. The van der Waals surface area contributed by atoms with Crippen LogP contribution in [0.5, 0.6) is 0 Å². The maximum absolute atomic E-state index is 2.46. The SMILES string of the molecule is c1ccc(-n2c3ccccc3c3cccc(-c4cccc5c6ccccc6n(-c6ccc(-c7cccc8ccccc78)cc6)c45)c32)cc1. The minimum absolute atomic E-state index is 1.15. The number of para-hydroxylation sites is 5. The summed E-state index contributed by atoms with van der Waals surface area (Å²) < 4.78 is 4.89. The lowest BCUT2D eigenvalue weighted by Crippen LogP contribution is -1.98. The van der Waals surface area contributed by atoms with E-state index in [9.17, 15) is 0 Å². The van der Waals surface area contributed by atoms with Crippen molar-refractivity contribution in [1.29, 1.82) is 0 Å². The molecule has 10 rings (SSSR count). The lowest BCUT2D eigenvalue weighted by Gasteiger charge is -2.15. The van der Waals surface area contributed by atoms with Crippen LogP contribution in [-0.4, -0.2) is 9.13 Å². The second kappa shape index (κ2) is 10.6. The molecule has 0 spiro atoms. The molecule has 0 saturated carbocycles. The summed E-state index contributed by atoms with van der Waals surface area (Å²) in [5, 5.41) is 7.55. The Morgan fingerprint density at radius 1 is 0.271 bits per heavy atom. The molecule has 2 nitrogen and oxygen atoms in total. The fourth-order valence-electron chi connectivity index (χ4n) is 7.85. The molecule has 10 aromatic rings. The highest BCUT2D eigenvalue weighted by Crippen LogP contribution is 2.43. The first-order chi connectivity index (χ1) is 23.8. The van der Waals surface area contributed by atoms with Gasteiger partial charge in [-0.15, -0.1) is 0 Å². The van der Waals surface area contributed by atoms with Crippen LogP contribution in [0.15, 0.2) is 182 Å². The van der Waals surface area contributed by atoms with Crippen molar-refractivity contribution < 1.29 is 0 Å². The second-order valence-corrected chi connectivity index (χ2v) is 12.5.